The van der Waals surface area contributed by atoms with Crippen molar-refractivity contribution in [3.05, 3.63) is 53.7 Å². The monoisotopic (exact) mass is 423 g/mol. The lowest BCUT2D eigenvalue weighted by Gasteiger charge is -2.16. The Morgan fingerprint density at radius 2 is 1.81 bits per heavy atom. The number of halogens is 5. The van der Waals surface area contributed by atoms with Gasteiger partial charge in [-0.2, -0.15) is 13.2 Å². The molecule has 2 aromatic rings. The normalized spacial score (nSPS) is 16.3. The molecule has 148 valence electrons. The van der Waals surface area contributed by atoms with Gasteiger partial charge in [-0.15, -0.1) is 24.8 Å². The predicted molar refractivity (Wildman–Crippen MR) is 98.7 cm³/mol. The van der Waals surface area contributed by atoms with Crippen LogP contribution in [0.15, 0.2) is 42.6 Å². The maximum absolute atomic E-state index is 12.5. The predicted octanol–water partition coefficient (Wildman–Crippen LogP) is 3.91. The molecule has 1 aromatic heterocycles. The summed E-state index contributed by atoms with van der Waals surface area (Å²) in [5.41, 5.74) is 5.46. The summed E-state index contributed by atoms with van der Waals surface area (Å²) < 4.78 is 42.9. The zero-order valence-electron chi connectivity index (χ0n) is 14.0. The number of carbonyl (C=O) groups is 1. The number of carbonyl (C=O) groups excluding carboxylic acids is 1. The van der Waals surface area contributed by atoms with Crippen LogP contribution in [0.1, 0.15) is 22.3 Å². The van der Waals surface area contributed by atoms with Crippen LogP contribution >= 0.6 is 24.8 Å². The zero-order valence-corrected chi connectivity index (χ0v) is 15.6. The van der Waals surface area contributed by atoms with Gasteiger partial charge in [0.1, 0.15) is 5.75 Å². The van der Waals surface area contributed by atoms with Gasteiger partial charge in [0.2, 0.25) is 5.88 Å². The SMILES string of the molecule is Cl.Cl.N[C@@H]1CCN(C(=O)c2ccc(Oc3ccc(C(F)(F)F)cn3)cc2)C1. The highest BCUT2D eigenvalue weighted by molar-refractivity contribution is 5.94. The number of hydrogen-bond donors (Lipinski definition) is 1. The molecule has 1 amide bonds. The average molecular weight is 424 g/mol. The Kier molecular flexibility index (Phi) is 7.89. The minimum Gasteiger partial charge on any atom is -0.439 e. The van der Waals surface area contributed by atoms with E-state index in [-0.39, 0.29) is 42.6 Å². The van der Waals surface area contributed by atoms with Crippen LogP contribution in [-0.2, 0) is 6.18 Å². The minimum atomic E-state index is -4.44. The van der Waals surface area contributed by atoms with Crippen LogP contribution in [0.4, 0.5) is 13.2 Å². The molecule has 27 heavy (non-hydrogen) atoms. The van der Waals surface area contributed by atoms with Gasteiger partial charge >= 0.3 is 6.18 Å². The van der Waals surface area contributed by atoms with Crippen molar-refractivity contribution < 1.29 is 22.7 Å². The third kappa shape index (κ3) is 5.72. The van der Waals surface area contributed by atoms with Crippen molar-refractivity contribution in [2.75, 3.05) is 13.1 Å². The molecule has 1 fully saturated rings. The maximum atomic E-state index is 12.5. The van der Waals surface area contributed by atoms with Gasteiger partial charge in [-0.25, -0.2) is 4.98 Å². The van der Waals surface area contributed by atoms with E-state index in [1.54, 1.807) is 29.2 Å². The smallest absolute Gasteiger partial charge is 0.417 e. The second-order valence-electron chi connectivity index (χ2n) is 5.81. The number of hydrogen-bond acceptors (Lipinski definition) is 4. The Labute approximate surface area is 166 Å². The fourth-order valence-electron chi connectivity index (χ4n) is 2.55. The van der Waals surface area contributed by atoms with Crippen molar-refractivity contribution in [2.24, 2.45) is 5.73 Å². The van der Waals surface area contributed by atoms with Gasteiger partial charge in [-0.3, -0.25) is 4.79 Å². The van der Waals surface area contributed by atoms with Crippen LogP contribution in [-0.4, -0.2) is 34.9 Å². The molecule has 5 nitrogen and oxygen atoms in total. The first-order valence-corrected chi connectivity index (χ1v) is 7.69. The lowest BCUT2D eigenvalue weighted by Crippen LogP contribution is -2.31. The van der Waals surface area contributed by atoms with Gasteiger partial charge in [0.25, 0.3) is 5.91 Å². The molecule has 0 unspecified atom stereocenters. The van der Waals surface area contributed by atoms with Crippen molar-refractivity contribution in [3.63, 3.8) is 0 Å². The molecule has 10 heteroatoms. The van der Waals surface area contributed by atoms with Crippen LogP contribution < -0.4 is 10.5 Å². The Morgan fingerprint density at radius 1 is 1.15 bits per heavy atom. The Bertz CT molecular complexity index is 756. The first-order chi connectivity index (χ1) is 11.8. The number of aromatic nitrogens is 1. The summed E-state index contributed by atoms with van der Waals surface area (Å²) in [5.74, 6) is 0.312. The highest BCUT2D eigenvalue weighted by atomic mass is 35.5. The molecule has 1 aliphatic rings. The summed E-state index contributed by atoms with van der Waals surface area (Å²) in [7, 11) is 0. The molecule has 2 N–H and O–H groups in total. The zero-order chi connectivity index (χ0) is 18.0. The van der Waals surface area contributed by atoms with E-state index in [2.05, 4.69) is 4.98 Å². The van der Waals surface area contributed by atoms with E-state index in [1.165, 1.54) is 0 Å². The van der Waals surface area contributed by atoms with Crippen molar-refractivity contribution >= 4 is 30.7 Å². The summed E-state index contributed by atoms with van der Waals surface area (Å²) in [4.78, 5) is 17.6. The largest absolute Gasteiger partial charge is 0.439 e. The Hall–Kier alpha value is -2.03. The van der Waals surface area contributed by atoms with Crippen molar-refractivity contribution in [3.8, 4) is 11.6 Å². The fraction of sp³-hybridized carbons (Fsp3) is 0.294. The van der Waals surface area contributed by atoms with E-state index in [9.17, 15) is 18.0 Å². The molecule has 0 bridgehead atoms. The second-order valence-corrected chi connectivity index (χ2v) is 5.81. The highest BCUT2D eigenvalue weighted by Gasteiger charge is 2.30. The van der Waals surface area contributed by atoms with Gasteiger partial charge in [0.05, 0.1) is 5.56 Å². The molecular weight excluding hydrogens is 406 g/mol. The van der Waals surface area contributed by atoms with E-state index < -0.39 is 11.7 Å². The minimum absolute atomic E-state index is 0. The van der Waals surface area contributed by atoms with Gasteiger partial charge in [-0.1, -0.05) is 0 Å². The van der Waals surface area contributed by atoms with Crippen molar-refractivity contribution in [2.45, 2.75) is 18.6 Å². The van der Waals surface area contributed by atoms with Crippen LogP contribution in [0, 0.1) is 0 Å². The summed E-state index contributed by atoms with van der Waals surface area (Å²) in [6.45, 7) is 1.17. The van der Waals surface area contributed by atoms with Crippen LogP contribution in [0.25, 0.3) is 0 Å². The molecule has 0 radical (unpaired) electrons. The quantitative estimate of drug-likeness (QED) is 0.812. The Balaban J connectivity index is 0.00000182. The van der Waals surface area contributed by atoms with Gasteiger partial charge < -0.3 is 15.4 Å². The van der Waals surface area contributed by atoms with Gasteiger partial charge in [0, 0.05) is 37.0 Å². The topological polar surface area (TPSA) is 68.5 Å². The van der Waals surface area contributed by atoms with E-state index >= 15 is 0 Å². The number of likely N-dealkylation sites (tertiary alicyclic amines) is 1. The molecule has 0 spiro atoms. The van der Waals surface area contributed by atoms with Crippen LogP contribution in [0.3, 0.4) is 0 Å². The number of nitrogens with two attached hydrogens (primary N) is 1. The maximum Gasteiger partial charge on any atom is 0.417 e. The molecule has 1 aliphatic heterocycles. The van der Waals surface area contributed by atoms with E-state index in [1.807, 2.05) is 0 Å². The first kappa shape index (κ1) is 23.0. The summed E-state index contributed by atoms with van der Waals surface area (Å²) in [5, 5.41) is 0. The summed E-state index contributed by atoms with van der Waals surface area (Å²) in [6, 6.07) is 8.41. The molecule has 0 saturated carbocycles. The number of pyridine rings is 1. The number of benzene rings is 1. The molecule has 1 atom stereocenters. The number of amides is 1. The third-order valence-corrected chi connectivity index (χ3v) is 3.90. The summed E-state index contributed by atoms with van der Waals surface area (Å²) >= 11 is 0. The van der Waals surface area contributed by atoms with Gasteiger partial charge in [0.15, 0.2) is 0 Å². The standard InChI is InChI=1S/C17H16F3N3O2.2ClH/c18-17(19,20)12-3-6-15(22-9-12)25-14-4-1-11(2-5-14)16(24)23-8-7-13(21)10-23;;/h1-6,9,13H,7-8,10,21H2;2*1H/t13-;;/m1../s1. The number of rotatable bonds is 3. The molecule has 1 aromatic carbocycles. The van der Waals surface area contributed by atoms with E-state index in [0.29, 0.717) is 30.6 Å². The molecule has 1 saturated heterocycles. The van der Waals surface area contributed by atoms with Crippen LogP contribution in [0.2, 0.25) is 0 Å². The second kappa shape index (κ2) is 9.25. The first-order valence-electron chi connectivity index (χ1n) is 7.69. The molecule has 0 aliphatic carbocycles. The molecule has 3 rings (SSSR count). The van der Waals surface area contributed by atoms with Crippen LogP contribution in [0.5, 0.6) is 11.6 Å². The van der Waals surface area contributed by atoms with Gasteiger partial charge in [-0.05, 0) is 36.8 Å². The molecule has 2 heterocycles. The lowest BCUT2D eigenvalue weighted by atomic mass is 10.2. The number of alkyl halides is 3. The number of ether oxygens (including phenoxy) is 1. The van der Waals surface area contributed by atoms with E-state index in [0.717, 1.165) is 18.6 Å². The number of nitrogens with zero attached hydrogens (tertiary/aromatic N) is 2. The Morgan fingerprint density at radius 3 is 2.30 bits per heavy atom. The van der Waals surface area contributed by atoms with E-state index in [4.69, 9.17) is 10.5 Å². The lowest BCUT2D eigenvalue weighted by molar-refractivity contribution is -0.137. The fourth-order valence-corrected chi connectivity index (χ4v) is 2.55. The molecular formula is C17H18Cl2F3N3O2. The third-order valence-electron chi connectivity index (χ3n) is 3.90. The summed E-state index contributed by atoms with van der Waals surface area (Å²) in [6.07, 6.45) is -2.94. The van der Waals surface area contributed by atoms with Crippen molar-refractivity contribution in [1.82, 2.24) is 9.88 Å². The highest BCUT2D eigenvalue weighted by Crippen LogP contribution is 2.30. The van der Waals surface area contributed by atoms with Crippen molar-refractivity contribution in [1.29, 1.82) is 0 Å². The average Bonchev–Trinajstić information content (AvgIpc) is 3.01.